The molecule has 3 aliphatic rings. The first-order chi connectivity index (χ1) is 34.8. The highest BCUT2D eigenvalue weighted by molar-refractivity contribution is 8.00. The second kappa shape index (κ2) is 20.1. The maximum absolute atomic E-state index is 15.5. The largest absolute Gasteiger partial charge is 0.477 e. The number of fused-ring (bicyclic) bond motifs is 1. The molecular formula is C56H48N6O7S2. The number of anilines is 1. The summed E-state index contributed by atoms with van der Waals surface area (Å²) in [6, 6.07) is 58.7. The first kappa shape index (κ1) is 46.7. The minimum atomic E-state index is -1.89. The summed E-state index contributed by atoms with van der Waals surface area (Å²) in [6.45, 7) is 0.956. The van der Waals surface area contributed by atoms with E-state index in [2.05, 4.69) is 10.6 Å². The number of aliphatic carboxylic acids is 1. The predicted molar refractivity (Wildman–Crippen MR) is 273 cm³/mol. The molecule has 7 aromatic rings. The topological polar surface area (TPSA) is 163 Å². The van der Waals surface area contributed by atoms with Crippen LogP contribution in [-0.2, 0) is 39.9 Å². The minimum Gasteiger partial charge on any atom is -0.477 e. The lowest BCUT2D eigenvalue weighted by Crippen LogP contribution is -2.82. The quantitative estimate of drug-likeness (QED) is 0.0248. The summed E-state index contributed by atoms with van der Waals surface area (Å²) in [5.41, 5.74) is 0.822. The fraction of sp³-hybridized carbons (Fsp3) is 0.179. The van der Waals surface area contributed by atoms with Crippen LogP contribution in [0.5, 0.6) is 0 Å². The van der Waals surface area contributed by atoms with Crippen LogP contribution in [-0.4, -0.2) is 86.2 Å². The van der Waals surface area contributed by atoms with E-state index in [1.54, 1.807) is 5.38 Å². The van der Waals surface area contributed by atoms with Crippen molar-refractivity contribution in [2.45, 2.75) is 34.9 Å². The molecule has 4 heterocycles. The molecule has 6 aromatic carbocycles. The molecule has 0 bridgehead atoms. The SMILES string of the molecule is O=COCC1(NC(=O)C(=NOC(c2ccccc2)(c2ccccc2)c2ccccc2)c2csc(NC(c3ccccc3)(c3ccccc3)c3ccccc3)n2)C(=O)N2C(C(=O)O)=C(N3CCCC3)CS[C@H]21. The van der Waals surface area contributed by atoms with E-state index >= 15 is 4.79 Å². The lowest BCUT2D eigenvalue weighted by atomic mass is 9.77. The molecule has 1 aromatic heterocycles. The van der Waals surface area contributed by atoms with Crippen LogP contribution in [0.25, 0.3) is 0 Å². The fourth-order valence-corrected chi connectivity index (χ4v) is 12.2. The normalized spacial score (nSPS) is 18.0. The lowest BCUT2D eigenvalue weighted by Gasteiger charge is -2.56. The number of benzene rings is 6. The number of β-lactam (4-membered cyclic amide) rings is 1. The van der Waals surface area contributed by atoms with Gasteiger partial charge in [-0.15, -0.1) is 23.1 Å². The molecule has 356 valence electrons. The third kappa shape index (κ3) is 8.50. The summed E-state index contributed by atoms with van der Waals surface area (Å²) in [4.78, 5) is 70.3. The molecule has 71 heavy (non-hydrogen) atoms. The summed E-state index contributed by atoms with van der Waals surface area (Å²) < 4.78 is 5.32. The lowest BCUT2D eigenvalue weighted by molar-refractivity contribution is -0.164. The average Bonchev–Trinajstić information content (AvgIpc) is 4.15. The van der Waals surface area contributed by atoms with Crippen LogP contribution in [0.2, 0.25) is 0 Å². The Morgan fingerprint density at radius 3 is 1.65 bits per heavy atom. The van der Waals surface area contributed by atoms with Gasteiger partial charge in [-0.25, -0.2) is 9.78 Å². The minimum absolute atomic E-state index is 0.106. The molecule has 10 rings (SSSR count). The van der Waals surface area contributed by atoms with E-state index in [-0.39, 0.29) is 29.3 Å². The molecule has 3 aliphatic heterocycles. The number of nitrogens with one attached hydrogen (secondary N) is 2. The van der Waals surface area contributed by atoms with Gasteiger partial charge in [-0.05, 0) is 29.5 Å². The van der Waals surface area contributed by atoms with Gasteiger partial charge in [-0.1, -0.05) is 187 Å². The molecule has 0 aliphatic carbocycles. The average molecular weight is 981 g/mol. The number of hydrogen-bond donors (Lipinski definition) is 3. The van der Waals surface area contributed by atoms with Gasteiger partial charge in [0.1, 0.15) is 23.2 Å². The molecule has 1 unspecified atom stereocenters. The number of hydrogen-bond acceptors (Lipinski definition) is 12. The van der Waals surface area contributed by atoms with Gasteiger partial charge in [-0.3, -0.25) is 19.3 Å². The smallest absolute Gasteiger partial charge is 0.354 e. The molecule has 0 radical (unpaired) electrons. The number of carboxylic acids is 1. The number of ether oxygens (including phenoxy) is 1. The van der Waals surface area contributed by atoms with Gasteiger partial charge in [0.05, 0.1) is 5.70 Å². The van der Waals surface area contributed by atoms with Crippen LogP contribution in [0.3, 0.4) is 0 Å². The highest BCUT2D eigenvalue weighted by Gasteiger charge is 2.67. The summed E-state index contributed by atoms with van der Waals surface area (Å²) in [6.07, 6.45) is 1.80. The van der Waals surface area contributed by atoms with Crippen LogP contribution in [0, 0.1) is 0 Å². The number of oxime groups is 1. The zero-order valence-corrected chi connectivity index (χ0v) is 39.9. The number of rotatable bonds is 18. The van der Waals surface area contributed by atoms with Gasteiger partial charge in [-0.2, -0.15) is 0 Å². The number of carboxylic acid groups (broad SMARTS) is 1. The number of thioether (sulfide) groups is 1. The van der Waals surface area contributed by atoms with E-state index in [4.69, 9.17) is 19.7 Å². The number of carbonyl (C=O) groups is 4. The van der Waals surface area contributed by atoms with Crippen molar-refractivity contribution in [2.75, 3.05) is 30.8 Å². The zero-order valence-electron chi connectivity index (χ0n) is 38.3. The number of likely N-dealkylation sites (tertiary alicyclic amines) is 1. The van der Waals surface area contributed by atoms with Gasteiger partial charge >= 0.3 is 5.97 Å². The molecule has 2 saturated heterocycles. The second-order valence-electron chi connectivity index (χ2n) is 17.3. The summed E-state index contributed by atoms with van der Waals surface area (Å²) >= 11 is 2.54. The number of thiazole rings is 1. The van der Waals surface area contributed by atoms with Crippen LogP contribution in [0.1, 0.15) is 51.9 Å². The first-order valence-corrected chi connectivity index (χ1v) is 25.1. The van der Waals surface area contributed by atoms with E-state index in [1.165, 1.54) is 28.0 Å². The Hall–Kier alpha value is -8.01. The third-order valence-electron chi connectivity index (χ3n) is 13.2. The Balaban J connectivity index is 1.12. The van der Waals surface area contributed by atoms with E-state index in [0.29, 0.717) is 40.6 Å². The summed E-state index contributed by atoms with van der Waals surface area (Å²) in [7, 11) is 0. The number of aromatic nitrogens is 1. The van der Waals surface area contributed by atoms with Crippen LogP contribution in [0.15, 0.2) is 204 Å². The van der Waals surface area contributed by atoms with E-state index in [0.717, 1.165) is 29.5 Å². The van der Waals surface area contributed by atoms with Crippen molar-refractivity contribution in [1.82, 2.24) is 20.1 Å². The molecule has 13 nitrogen and oxygen atoms in total. The van der Waals surface area contributed by atoms with Gasteiger partial charge in [0, 0.05) is 40.9 Å². The Labute approximate surface area is 418 Å². The molecule has 2 amide bonds. The van der Waals surface area contributed by atoms with Crippen molar-refractivity contribution in [3.63, 3.8) is 0 Å². The fourth-order valence-electron chi connectivity index (χ4n) is 9.92. The van der Waals surface area contributed by atoms with Crippen molar-refractivity contribution in [3.05, 3.63) is 238 Å². The predicted octanol–water partition coefficient (Wildman–Crippen LogP) is 8.60. The standard InChI is InChI=1S/C56H48N6O7S2/c63-38-68-37-54(51(67)62-48(50(65)66)46(36-70-52(54)62)61-33-19-20-34-61)58-49(64)47(60-69-56(42-27-13-4-14-28-42,43-29-15-5-16-30-43)44-31-17-6-18-32-44)45-35-71-53(57-45)59-55(39-21-7-1-8-22-39,40-23-9-2-10-24-40)41-25-11-3-12-26-41/h1-18,21-32,35,38,52H,19-20,33-34,36-37H2,(H,57,59)(H,58,64)(H,65,66)/t52-,54?/m0/s1. The zero-order chi connectivity index (χ0) is 48.8. The number of amides is 2. The molecule has 3 N–H and O–H groups in total. The third-order valence-corrected chi connectivity index (χ3v) is 15.4. The van der Waals surface area contributed by atoms with Crippen molar-refractivity contribution < 1.29 is 33.9 Å². The number of nitrogens with zero attached hydrogens (tertiary/aromatic N) is 4. The van der Waals surface area contributed by atoms with E-state index in [9.17, 15) is 19.5 Å². The number of carbonyl (C=O) groups excluding carboxylic acids is 3. The summed E-state index contributed by atoms with van der Waals surface area (Å²) in [5, 5.41) is 23.3. The molecule has 15 heteroatoms. The maximum atomic E-state index is 15.5. The van der Waals surface area contributed by atoms with Crippen LogP contribution >= 0.6 is 23.1 Å². The molecular weight excluding hydrogens is 933 g/mol. The Kier molecular flexibility index (Phi) is 13.3. The highest BCUT2D eigenvalue weighted by atomic mass is 32.2. The van der Waals surface area contributed by atoms with Crippen molar-refractivity contribution >= 4 is 58.2 Å². The Bertz CT molecular complexity index is 2890. The maximum Gasteiger partial charge on any atom is 0.354 e. The second-order valence-corrected chi connectivity index (χ2v) is 19.2. The first-order valence-electron chi connectivity index (χ1n) is 23.2. The van der Waals surface area contributed by atoms with Crippen molar-refractivity contribution in [3.8, 4) is 0 Å². The molecule has 2 atom stereocenters. The van der Waals surface area contributed by atoms with Gasteiger partial charge in [0.25, 0.3) is 18.3 Å². The van der Waals surface area contributed by atoms with Crippen molar-refractivity contribution in [1.29, 1.82) is 0 Å². The van der Waals surface area contributed by atoms with Gasteiger partial charge < -0.3 is 30.2 Å². The van der Waals surface area contributed by atoms with E-state index < -0.39 is 46.4 Å². The molecule has 2 fully saturated rings. The van der Waals surface area contributed by atoms with Crippen LogP contribution < -0.4 is 10.6 Å². The van der Waals surface area contributed by atoms with E-state index in [1.807, 2.05) is 187 Å². The van der Waals surface area contributed by atoms with Crippen molar-refractivity contribution in [2.24, 2.45) is 5.16 Å². The molecule has 0 spiro atoms. The Morgan fingerprint density at radius 2 is 1.20 bits per heavy atom. The summed E-state index contributed by atoms with van der Waals surface area (Å²) in [5.74, 6) is -2.64. The van der Waals surface area contributed by atoms with Gasteiger partial charge in [0.15, 0.2) is 22.1 Å². The Morgan fingerprint density at radius 1 is 0.732 bits per heavy atom. The monoisotopic (exact) mass is 980 g/mol. The van der Waals surface area contributed by atoms with Gasteiger partial charge in [0.2, 0.25) is 5.60 Å². The van der Waals surface area contributed by atoms with Crippen LogP contribution in [0.4, 0.5) is 5.13 Å². The highest BCUT2D eigenvalue weighted by Crippen LogP contribution is 2.48. The molecule has 0 saturated carbocycles.